The summed E-state index contributed by atoms with van der Waals surface area (Å²) in [6, 6.07) is 5.52. The lowest BCUT2D eigenvalue weighted by Gasteiger charge is -2.06. The van der Waals surface area contributed by atoms with Crippen LogP contribution in [0.1, 0.15) is 82.3 Å². The number of unbranched alkanes of at least 4 members (excludes halogenated alkanes) is 9. The lowest BCUT2D eigenvalue weighted by atomic mass is 10.0. The molecule has 0 heterocycles. The molecule has 1 aromatic rings. The molecule has 0 saturated heterocycles. The molecule has 0 radical (unpaired) electrons. The van der Waals surface area contributed by atoms with Crippen molar-refractivity contribution in [1.29, 1.82) is 0 Å². The molecule has 124 valence electrons. The predicted octanol–water partition coefficient (Wildman–Crippen LogP) is 6.12. The van der Waals surface area contributed by atoms with Crippen LogP contribution in [-0.4, -0.2) is 5.11 Å². The average molecular weight is 305 g/mol. The van der Waals surface area contributed by atoms with Crippen molar-refractivity contribution in [1.82, 2.24) is 0 Å². The molecule has 0 aliphatic carbocycles. The Balaban J connectivity index is 2.07. The van der Waals surface area contributed by atoms with Gasteiger partial charge in [-0.15, -0.1) is 0 Å². The molecule has 1 aromatic carbocycles. The summed E-state index contributed by atoms with van der Waals surface area (Å²) < 4.78 is 0. The minimum atomic E-state index is 0.0533. The summed E-state index contributed by atoms with van der Waals surface area (Å²) in [6.45, 7) is 2.31. The number of hydrogen-bond acceptors (Lipinski definition) is 3. The lowest BCUT2D eigenvalue weighted by Crippen LogP contribution is -1.90. The Labute approximate surface area is 135 Å². The van der Waals surface area contributed by atoms with Crippen molar-refractivity contribution in [2.45, 2.75) is 84.1 Å². The van der Waals surface area contributed by atoms with Crippen molar-refractivity contribution in [3.05, 3.63) is 34.2 Å². The fourth-order valence-electron chi connectivity index (χ4n) is 2.81. The Kier molecular flexibility index (Phi) is 10.3. The van der Waals surface area contributed by atoms with E-state index in [0.717, 1.165) is 6.42 Å². The van der Waals surface area contributed by atoms with Gasteiger partial charge in [0.05, 0.1) is 0 Å². The summed E-state index contributed by atoms with van der Waals surface area (Å²) in [6.07, 6.45) is 14.4. The van der Waals surface area contributed by atoms with Crippen molar-refractivity contribution in [2.24, 2.45) is 5.18 Å². The summed E-state index contributed by atoms with van der Waals surface area (Å²) in [5.74, 6) is 0.173. The van der Waals surface area contributed by atoms with E-state index >= 15 is 0 Å². The van der Waals surface area contributed by atoms with E-state index in [1.807, 2.05) is 12.1 Å². The largest absolute Gasteiger partial charge is 0.508 e. The Morgan fingerprint density at radius 1 is 0.909 bits per heavy atom. The minimum absolute atomic E-state index is 0.0533. The van der Waals surface area contributed by atoms with Crippen LogP contribution >= 0.6 is 0 Å². The average Bonchev–Trinajstić information content (AvgIpc) is 2.52. The Morgan fingerprint density at radius 2 is 1.50 bits per heavy atom. The zero-order chi connectivity index (χ0) is 16.0. The zero-order valence-corrected chi connectivity index (χ0v) is 14.0. The van der Waals surface area contributed by atoms with Gasteiger partial charge < -0.3 is 5.11 Å². The van der Waals surface area contributed by atoms with Crippen molar-refractivity contribution in [3.8, 4) is 5.75 Å². The highest BCUT2D eigenvalue weighted by Crippen LogP contribution is 2.21. The first-order valence-corrected chi connectivity index (χ1v) is 8.87. The van der Waals surface area contributed by atoms with Crippen LogP contribution in [0, 0.1) is 4.91 Å². The van der Waals surface area contributed by atoms with Crippen LogP contribution in [-0.2, 0) is 13.0 Å². The molecule has 0 unspecified atom stereocenters. The smallest absolute Gasteiger partial charge is 0.120 e. The molecule has 0 aromatic heterocycles. The van der Waals surface area contributed by atoms with Gasteiger partial charge in [-0.25, -0.2) is 0 Å². The van der Waals surface area contributed by atoms with Crippen molar-refractivity contribution in [2.75, 3.05) is 0 Å². The number of rotatable bonds is 13. The van der Waals surface area contributed by atoms with Crippen molar-refractivity contribution in [3.63, 3.8) is 0 Å². The number of hydrogen-bond donors (Lipinski definition) is 1. The number of aryl methyl sites for hydroxylation is 1. The van der Waals surface area contributed by atoms with E-state index in [2.05, 4.69) is 12.1 Å². The van der Waals surface area contributed by atoms with Crippen LogP contribution in [0.25, 0.3) is 0 Å². The maximum atomic E-state index is 10.3. The van der Waals surface area contributed by atoms with Gasteiger partial charge in [0.25, 0.3) is 0 Å². The summed E-state index contributed by atoms with van der Waals surface area (Å²) in [5, 5.41) is 12.5. The second kappa shape index (κ2) is 12.2. The molecule has 0 spiro atoms. The second-order valence-corrected chi connectivity index (χ2v) is 6.18. The van der Waals surface area contributed by atoms with E-state index in [0.29, 0.717) is 5.56 Å². The zero-order valence-electron chi connectivity index (χ0n) is 14.0. The van der Waals surface area contributed by atoms with Crippen LogP contribution in [0.4, 0.5) is 0 Å². The maximum absolute atomic E-state index is 10.3. The van der Waals surface area contributed by atoms with Gasteiger partial charge in [0.15, 0.2) is 0 Å². The lowest BCUT2D eigenvalue weighted by molar-refractivity contribution is 0.468. The summed E-state index contributed by atoms with van der Waals surface area (Å²) in [7, 11) is 0. The van der Waals surface area contributed by atoms with E-state index in [4.69, 9.17) is 0 Å². The van der Waals surface area contributed by atoms with E-state index in [1.54, 1.807) is 6.07 Å². The molecule has 22 heavy (non-hydrogen) atoms. The van der Waals surface area contributed by atoms with Crippen molar-refractivity contribution < 1.29 is 5.11 Å². The molecule has 1 rings (SSSR count). The number of phenols is 1. The molecule has 3 nitrogen and oxygen atoms in total. The van der Waals surface area contributed by atoms with Crippen LogP contribution in [0.15, 0.2) is 23.4 Å². The summed E-state index contributed by atoms with van der Waals surface area (Å²) in [5.41, 5.74) is 1.83. The third kappa shape index (κ3) is 8.16. The van der Waals surface area contributed by atoms with Gasteiger partial charge in [-0.1, -0.05) is 82.0 Å². The molecule has 0 aliphatic rings. The molecule has 0 amide bonds. The molecular weight excluding hydrogens is 274 g/mol. The van der Waals surface area contributed by atoms with Gasteiger partial charge in [-0.05, 0) is 24.5 Å². The van der Waals surface area contributed by atoms with E-state index in [1.165, 1.54) is 69.8 Å². The predicted molar refractivity (Wildman–Crippen MR) is 93.2 cm³/mol. The van der Waals surface area contributed by atoms with Crippen LogP contribution in [0.3, 0.4) is 0 Å². The quantitative estimate of drug-likeness (QED) is 0.352. The highest BCUT2D eigenvalue weighted by atomic mass is 16.3. The number of benzene rings is 1. The summed E-state index contributed by atoms with van der Waals surface area (Å²) >= 11 is 0. The normalized spacial score (nSPS) is 10.8. The van der Waals surface area contributed by atoms with Crippen LogP contribution in [0.2, 0.25) is 0 Å². The van der Waals surface area contributed by atoms with Gasteiger partial charge >= 0.3 is 0 Å². The monoisotopic (exact) mass is 305 g/mol. The van der Waals surface area contributed by atoms with Gasteiger partial charge in [0.2, 0.25) is 0 Å². The third-order valence-electron chi connectivity index (χ3n) is 4.20. The summed E-state index contributed by atoms with van der Waals surface area (Å²) in [4.78, 5) is 10.3. The first-order valence-electron chi connectivity index (χ1n) is 8.87. The highest BCUT2D eigenvalue weighted by Gasteiger charge is 2.03. The molecule has 0 fully saturated rings. The number of nitrogens with zero attached hydrogens (tertiary/aromatic N) is 1. The number of phenolic OH excluding ortho intramolecular Hbond substituents is 1. The minimum Gasteiger partial charge on any atom is -0.508 e. The molecule has 0 atom stereocenters. The number of nitroso groups, excluding NO2 is 1. The van der Waals surface area contributed by atoms with Gasteiger partial charge in [-0.2, -0.15) is 4.91 Å². The first-order chi connectivity index (χ1) is 10.8. The molecule has 0 saturated carbocycles. The first kappa shape index (κ1) is 18.7. The molecule has 3 heteroatoms. The maximum Gasteiger partial charge on any atom is 0.120 e. The Hall–Kier alpha value is -1.38. The molecule has 1 N–H and O–H groups in total. The van der Waals surface area contributed by atoms with Gasteiger partial charge in [0.1, 0.15) is 12.3 Å². The molecule has 0 bridgehead atoms. The van der Waals surface area contributed by atoms with Gasteiger partial charge in [-0.3, -0.25) is 0 Å². The molecule has 0 aliphatic heterocycles. The Bertz CT molecular complexity index is 418. The highest BCUT2D eigenvalue weighted by molar-refractivity contribution is 5.36. The number of aromatic hydroxyl groups is 1. The van der Waals surface area contributed by atoms with E-state index < -0.39 is 0 Å². The van der Waals surface area contributed by atoms with Crippen molar-refractivity contribution >= 4 is 0 Å². The topological polar surface area (TPSA) is 49.7 Å². The standard InChI is InChI=1S/C19H31NO2/c1-2-3-4-5-6-7-8-9-10-11-12-17-13-14-19(21)18(15-17)16-20-22/h13-15,21H,2-12,16H2,1H3. The van der Waals surface area contributed by atoms with Crippen LogP contribution < -0.4 is 0 Å². The Morgan fingerprint density at radius 3 is 2.09 bits per heavy atom. The SMILES string of the molecule is CCCCCCCCCCCCc1ccc(O)c(CN=O)c1. The van der Waals surface area contributed by atoms with E-state index in [9.17, 15) is 10.0 Å². The van der Waals surface area contributed by atoms with Gasteiger partial charge in [0, 0.05) is 5.56 Å². The fourth-order valence-corrected chi connectivity index (χ4v) is 2.81. The third-order valence-corrected chi connectivity index (χ3v) is 4.20. The fraction of sp³-hybridized carbons (Fsp3) is 0.684. The van der Waals surface area contributed by atoms with E-state index in [-0.39, 0.29) is 12.3 Å². The second-order valence-electron chi connectivity index (χ2n) is 6.18. The van der Waals surface area contributed by atoms with Crippen LogP contribution in [0.5, 0.6) is 5.75 Å². The molecular formula is C19H31NO2.